The van der Waals surface area contributed by atoms with E-state index in [1.165, 1.54) is 4.90 Å². The normalized spacial score (nSPS) is 19.0. The summed E-state index contributed by atoms with van der Waals surface area (Å²) in [5.74, 6) is -0.709. The maximum absolute atomic E-state index is 11.7. The molecule has 2 amide bonds. The zero-order chi connectivity index (χ0) is 11.9. The lowest BCUT2D eigenvalue weighted by Crippen LogP contribution is -2.50. The Morgan fingerprint density at radius 3 is 2.81 bits per heavy atom. The highest BCUT2D eigenvalue weighted by Crippen LogP contribution is 2.33. The molecule has 1 unspecified atom stereocenters. The van der Waals surface area contributed by atoms with Gasteiger partial charge in [-0.25, -0.2) is 0 Å². The molecule has 84 valence electrons. The van der Waals surface area contributed by atoms with Crippen LogP contribution < -0.4 is 15.4 Å². The molecule has 1 aromatic rings. The fourth-order valence-electron chi connectivity index (χ4n) is 1.64. The first kappa shape index (κ1) is 10.5. The number of aryl methyl sites for hydroxylation is 1. The first-order valence-electron chi connectivity index (χ1n) is 4.85. The second kappa shape index (κ2) is 3.52. The van der Waals surface area contributed by atoms with Gasteiger partial charge in [0.15, 0.2) is 0 Å². The zero-order valence-corrected chi connectivity index (χ0v) is 9.06. The van der Waals surface area contributed by atoms with Crippen LogP contribution in [0.25, 0.3) is 0 Å². The number of fused-ring (bicyclic) bond motifs is 1. The predicted octanol–water partition coefficient (Wildman–Crippen LogP) is 0.204. The van der Waals surface area contributed by atoms with Gasteiger partial charge in [0.25, 0.3) is 17.9 Å². The van der Waals surface area contributed by atoms with Crippen molar-refractivity contribution in [3.05, 3.63) is 23.8 Å². The third-order valence-corrected chi connectivity index (χ3v) is 2.53. The molecule has 2 N–H and O–H groups in total. The second-order valence-electron chi connectivity index (χ2n) is 3.77. The van der Waals surface area contributed by atoms with Gasteiger partial charge in [-0.1, -0.05) is 6.07 Å². The Morgan fingerprint density at radius 2 is 2.19 bits per heavy atom. The largest absolute Gasteiger partial charge is 0.468 e. The van der Waals surface area contributed by atoms with Gasteiger partial charge < -0.3 is 15.4 Å². The molecule has 0 radical (unpaired) electrons. The number of amides is 2. The van der Waals surface area contributed by atoms with Gasteiger partial charge in [0, 0.05) is 7.05 Å². The molecule has 2 rings (SSSR count). The molecule has 5 heteroatoms. The fourth-order valence-corrected chi connectivity index (χ4v) is 1.64. The molecule has 0 bridgehead atoms. The van der Waals surface area contributed by atoms with Crippen molar-refractivity contribution in [1.29, 1.82) is 0 Å². The summed E-state index contributed by atoms with van der Waals surface area (Å²) in [6.45, 7) is 1.90. The number of anilines is 1. The van der Waals surface area contributed by atoms with Crippen molar-refractivity contribution >= 4 is 17.5 Å². The number of primary amides is 1. The molecule has 0 saturated heterocycles. The lowest BCUT2D eigenvalue weighted by atomic mass is 10.1. The smallest absolute Gasteiger partial charge is 0.277 e. The number of hydrogen-bond donors (Lipinski definition) is 1. The van der Waals surface area contributed by atoms with Crippen LogP contribution in [0, 0.1) is 6.92 Å². The summed E-state index contributed by atoms with van der Waals surface area (Å²) < 4.78 is 5.29. The van der Waals surface area contributed by atoms with Crippen LogP contribution in [0.4, 0.5) is 5.69 Å². The number of hydrogen-bond acceptors (Lipinski definition) is 3. The number of ether oxygens (including phenoxy) is 1. The van der Waals surface area contributed by atoms with Crippen LogP contribution in [-0.4, -0.2) is 25.0 Å². The standard InChI is InChI=1S/C11H12N2O3/c1-6-3-4-7-8(5-6)16-9(10(12)14)11(15)13(7)2/h3-5,9H,1-2H3,(H2,12,14). The molecule has 1 aromatic carbocycles. The minimum Gasteiger partial charge on any atom is -0.468 e. The third-order valence-electron chi connectivity index (χ3n) is 2.53. The van der Waals surface area contributed by atoms with Crippen molar-refractivity contribution in [1.82, 2.24) is 0 Å². The van der Waals surface area contributed by atoms with Gasteiger partial charge in [-0.15, -0.1) is 0 Å². The van der Waals surface area contributed by atoms with Crippen molar-refractivity contribution < 1.29 is 14.3 Å². The topological polar surface area (TPSA) is 72.6 Å². The van der Waals surface area contributed by atoms with Gasteiger partial charge in [0.05, 0.1) is 5.69 Å². The number of nitrogens with two attached hydrogens (primary N) is 1. The predicted molar refractivity (Wildman–Crippen MR) is 58.2 cm³/mol. The van der Waals surface area contributed by atoms with E-state index in [9.17, 15) is 9.59 Å². The van der Waals surface area contributed by atoms with Crippen LogP contribution in [0.5, 0.6) is 5.75 Å². The second-order valence-corrected chi connectivity index (χ2v) is 3.77. The average molecular weight is 220 g/mol. The summed E-state index contributed by atoms with van der Waals surface area (Å²) >= 11 is 0. The highest BCUT2D eigenvalue weighted by molar-refractivity contribution is 6.11. The monoisotopic (exact) mass is 220 g/mol. The summed E-state index contributed by atoms with van der Waals surface area (Å²) in [4.78, 5) is 24.2. The first-order valence-corrected chi connectivity index (χ1v) is 4.85. The van der Waals surface area contributed by atoms with E-state index >= 15 is 0 Å². The third kappa shape index (κ3) is 1.50. The fraction of sp³-hybridized carbons (Fsp3) is 0.273. The van der Waals surface area contributed by atoms with E-state index in [1.807, 2.05) is 13.0 Å². The van der Waals surface area contributed by atoms with Crippen molar-refractivity contribution in [3.8, 4) is 5.75 Å². The van der Waals surface area contributed by atoms with Crippen LogP contribution in [0.3, 0.4) is 0 Å². The molecule has 0 fully saturated rings. The van der Waals surface area contributed by atoms with Crippen LogP contribution in [0.15, 0.2) is 18.2 Å². The van der Waals surface area contributed by atoms with Gasteiger partial charge in [-0.05, 0) is 24.6 Å². The van der Waals surface area contributed by atoms with Gasteiger partial charge >= 0.3 is 0 Å². The number of carbonyl (C=O) groups is 2. The van der Waals surface area contributed by atoms with Gasteiger partial charge in [-0.3, -0.25) is 9.59 Å². The summed E-state index contributed by atoms with van der Waals surface area (Å²) in [5.41, 5.74) is 6.74. The van der Waals surface area contributed by atoms with Crippen molar-refractivity contribution in [2.24, 2.45) is 5.73 Å². The Kier molecular flexibility index (Phi) is 2.30. The van der Waals surface area contributed by atoms with Gasteiger partial charge in [-0.2, -0.15) is 0 Å². The number of rotatable bonds is 1. The summed E-state index contributed by atoms with van der Waals surface area (Å²) in [6.07, 6.45) is -1.22. The minimum atomic E-state index is -1.22. The molecule has 1 heterocycles. The molecular weight excluding hydrogens is 208 g/mol. The number of benzene rings is 1. The van der Waals surface area contributed by atoms with E-state index in [1.54, 1.807) is 19.2 Å². The van der Waals surface area contributed by atoms with E-state index < -0.39 is 17.9 Å². The van der Waals surface area contributed by atoms with Gasteiger partial charge in [0.2, 0.25) is 0 Å². The molecule has 0 aromatic heterocycles. The lowest BCUT2D eigenvalue weighted by molar-refractivity contribution is -0.136. The minimum absolute atomic E-state index is 0.441. The molecule has 5 nitrogen and oxygen atoms in total. The molecule has 0 saturated carbocycles. The van der Waals surface area contributed by atoms with Crippen molar-refractivity contribution in [2.75, 3.05) is 11.9 Å². The molecule has 0 spiro atoms. The quantitative estimate of drug-likeness (QED) is 0.687. The first-order chi connectivity index (χ1) is 7.50. The molecule has 16 heavy (non-hydrogen) atoms. The molecule has 1 aliphatic rings. The van der Waals surface area contributed by atoms with Crippen LogP contribution >= 0.6 is 0 Å². The van der Waals surface area contributed by atoms with Crippen molar-refractivity contribution in [3.63, 3.8) is 0 Å². The van der Waals surface area contributed by atoms with E-state index in [4.69, 9.17) is 10.5 Å². The maximum Gasteiger partial charge on any atom is 0.277 e. The van der Waals surface area contributed by atoms with Gasteiger partial charge in [0.1, 0.15) is 5.75 Å². The zero-order valence-electron chi connectivity index (χ0n) is 9.06. The molecule has 1 atom stereocenters. The Labute approximate surface area is 92.8 Å². The molecule has 1 aliphatic heterocycles. The van der Waals surface area contributed by atoms with E-state index in [-0.39, 0.29) is 0 Å². The Balaban J connectivity index is 2.48. The number of nitrogens with zero attached hydrogens (tertiary/aromatic N) is 1. The lowest BCUT2D eigenvalue weighted by Gasteiger charge is -2.30. The Bertz CT molecular complexity index is 470. The SMILES string of the molecule is Cc1ccc2c(c1)OC(C(N)=O)C(=O)N2C. The highest BCUT2D eigenvalue weighted by atomic mass is 16.5. The summed E-state index contributed by atoms with van der Waals surface area (Å²) in [6, 6.07) is 5.42. The van der Waals surface area contributed by atoms with Crippen molar-refractivity contribution in [2.45, 2.75) is 13.0 Å². The number of carbonyl (C=O) groups excluding carboxylic acids is 2. The van der Waals surface area contributed by atoms with E-state index in [0.717, 1.165) is 5.56 Å². The van der Waals surface area contributed by atoms with Crippen LogP contribution in [0.2, 0.25) is 0 Å². The van der Waals surface area contributed by atoms with Crippen LogP contribution in [0.1, 0.15) is 5.56 Å². The van der Waals surface area contributed by atoms with E-state index in [2.05, 4.69) is 0 Å². The Morgan fingerprint density at radius 1 is 1.50 bits per heavy atom. The number of likely N-dealkylation sites (N-methyl/N-ethyl adjacent to an activating group) is 1. The summed E-state index contributed by atoms with van der Waals surface area (Å²) in [7, 11) is 1.59. The average Bonchev–Trinajstić information content (AvgIpc) is 2.22. The highest BCUT2D eigenvalue weighted by Gasteiger charge is 2.36. The summed E-state index contributed by atoms with van der Waals surface area (Å²) in [5, 5.41) is 0. The molecule has 0 aliphatic carbocycles. The Hall–Kier alpha value is -2.04. The molecular formula is C11H12N2O3. The maximum atomic E-state index is 11.7. The van der Waals surface area contributed by atoms with E-state index in [0.29, 0.717) is 11.4 Å². The van der Waals surface area contributed by atoms with Crippen LogP contribution in [-0.2, 0) is 9.59 Å².